The van der Waals surface area contributed by atoms with Crippen molar-refractivity contribution in [2.45, 2.75) is 37.5 Å². The summed E-state index contributed by atoms with van der Waals surface area (Å²) in [5.41, 5.74) is 2.34. The fourth-order valence-electron chi connectivity index (χ4n) is 2.08. The average molecular weight is 589 g/mol. The fourth-order valence-corrected chi connectivity index (χ4v) is 3.03. The Hall–Kier alpha value is -2.61. The maximum atomic E-state index is 11.0. The highest BCUT2D eigenvalue weighted by molar-refractivity contribution is 7.86. The molecule has 39 heavy (non-hydrogen) atoms. The van der Waals surface area contributed by atoms with E-state index in [0.29, 0.717) is 12.2 Å². The van der Waals surface area contributed by atoms with Crippen LogP contribution in [0.3, 0.4) is 0 Å². The molecule has 2 aromatic carbocycles. The molecule has 0 saturated heterocycles. The zero-order valence-electron chi connectivity index (χ0n) is 24.5. The first-order valence-corrected chi connectivity index (χ1v) is 14.8. The van der Waals surface area contributed by atoms with Gasteiger partial charge < -0.3 is 18.7 Å². The molecular formula is C27H44N2O8S2. The Morgan fingerprint density at radius 1 is 0.923 bits per heavy atom. The zero-order chi connectivity index (χ0) is 31.0. The predicted molar refractivity (Wildman–Crippen MR) is 153 cm³/mol. The standard InChI is InChI=1S/C10H20NO2.2C7H8O3S.C3H9N/c1-6-11(4,5)7-8-13-10(12)9(2)3;2*1-6-2-4-7(5-3-6)11(8,9)10;1-4(2)3/h2,6-8H2,1,3-5H3;2*2-5H,1H3,(H,8,9,10);1-3H3/q+1;;;/p-1. The van der Waals surface area contributed by atoms with Crippen molar-refractivity contribution in [1.82, 2.24) is 4.90 Å². The van der Waals surface area contributed by atoms with Crippen molar-refractivity contribution in [2.24, 2.45) is 0 Å². The topological polar surface area (TPSA) is 141 Å². The lowest BCUT2D eigenvalue weighted by Crippen LogP contribution is -2.42. The van der Waals surface area contributed by atoms with Crippen molar-refractivity contribution in [1.29, 1.82) is 0 Å². The molecule has 0 aliphatic carbocycles. The summed E-state index contributed by atoms with van der Waals surface area (Å²) in [5, 5.41) is 0. The smallest absolute Gasteiger partial charge is 0.333 e. The van der Waals surface area contributed by atoms with Crippen LogP contribution in [0.2, 0.25) is 0 Å². The fraction of sp³-hybridized carbons (Fsp3) is 0.444. The van der Waals surface area contributed by atoms with Gasteiger partial charge in [0.2, 0.25) is 0 Å². The highest BCUT2D eigenvalue weighted by atomic mass is 32.2. The first-order chi connectivity index (χ1) is 17.6. The molecule has 0 bridgehead atoms. The molecule has 0 aliphatic heterocycles. The lowest BCUT2D eigenvalue weighted by Gasteiger charge is -2.27. The minimum atomic E-state index is -4.27. The van der Waals surface area contributed by atoms with E-state index in [0.717, 1.165) is 28.7 Å². The molecule has 0 aromatic heterocycles. The lowest BCUT2D eigenvalue weighted by molar-refractivity contribution is -0.888. The Labute approximate surface area is 235 Å². The number of carbonyl (C=O) groups excluding carboxylic acids is 1. The number of likely N-dealkylation sites (N-methyl/N-ethyl adjacent to an activating group) is 1. The number of quaternary nitrogens is 1. The molecule has 0 heterocycles. The summed E-state index contributed by atoms with van der Waals surface area (Å²) in [6.45, 7) is 13.3. The van der Waals surface area contributed by atoms with E-state index in [-0.39, 0.29) is 15.8 Å². The van der Waals surface area contributed by atoms with E-state index < -0.39 is 20.2 Å². The normalized spacial score (nSPS) is 11.1. The summed E-state index contributed by atoms with van der Waals surface area (Å²) in [6.07, 6.45) is 0. The molecule has 0 unspecified atom stereocenters. The number of benzene rings is 2. The van der Waals surface area contributed by atoms with E-state index in [9.17, 15) is 26.2 Å². The van der Waals surface area contributed by atoms with E-state index >= 15 is 0 Å². The van der Waals surface area contributed by atoms with Crippen LogP contribution in [0.15, 0.2) is 70.5 Å². The minimum Gasteiger partial charge on any atom is -0.744 e. The van der Waals surface area contributed by atoms with E-state index in [4.69, 9.17) is 9.29 Å². The van der Waals surface area contributed by atoms with E-state index in [1.807, 2.05) is 39.9 Å². The van der Waals surface area contributed by atoms with Crippen LogP contribution in [0.4, 0.5) is 0 Å². The van der Waals surface area contributed by atoms with Crippen LogP contribution < -0.4 is 0 Å². The third-order valence-corrected chi connectivity index (χ3v) is 6.48. The first kappa shape index (κ1) is 38.5. The molecule has 2 aromatic rings. The summed E-state index contributed by atoms with van der Waals surface area (Å²) in [6, 6.07) is 11.8. The van der Waals surface area contributed by atoms with Crippen molar-refractivity contribution in [3.8, 4) is 0 Å². The Morgan fingerprint density at radius 2 is 1.28 bits per heavy atom. The highest BCUT2D eigenvalue weighted by Crippen LogP contribution is 2.09. The van der Waals surface area contributed by atoms with Crippen LogP contribution in [-0.2, 0) is 29.8 Å². The van der Waals surface area contributed by atoms with Gasteiger partial charge >= 0.3 is 5.97 Å². The summed E-state index contributed by atoms with van der Waals surface area (Å²) in [5.74, 6) is -0.295. The van der Waals surface area contributed by atoms with Gasteiger partial charge in [-0.05, 0) is 73.1 Å². The largest absolute Gasteiger partial charge is 0.744 e. The first-order valence-electron chi connectivity index (χ1n) is 11.9. The number of carbonyl (C=O) groups is 1. The maximum absolute atomic E-state index is 11.0. The van der Waals surface area contributed by atoms with Crippen molar-refractivity contribution < 1.29 is 40.0 Å². The van der Waals surface area contributed by atoms with Gasteiger partial charge in [0.25, 0.3) is 10.1 Å². The van der Waals surface area contributed by atoms with Gasteiger partial charge in [0.15, 0.2) is 0 Å². The molecule has 0 atom stereocenters. The van der Waals surface area contributed by atoms with Crippen molar-refractivity contribution >= 4 is 26.2 Å². The molecule has 1 N–H and O–H groups in total. The van der Waals surface area contributed by atoms with Gasteiger partial charge in [0, 0.05) is 5.57 Å². The van der Waals surface area contributed by atoms with Gasteiger partial charge in [0.1, 0.15) is 23.3 Å². The summed E-state index contributed by atoms with van der Waals surface area (Å²) < 4.78 is 66.6. The number of esters is 1. The summed E-state index contributed by atoms with van der Waals surface area (Å²) in [7, 11) is 1.92. The van der Waals surface area contributed by atoms with Crippen LogP contribution in [0, 0.1) is 13.8 Å². The van der Waals surface area contributed by atoms with Crippen LogP contribution in [0.5, 0.6) is 0 Å². The van der Waals surface area contributed by atoms with Crippen molar-refractivity contribution in [3.63, 3.8) is 0 Å². The number of rotatable bonds is 7. The zero-order valence-corrected chi connectivity index (χ0v) is 26.1. The number of ether oxygens (including phenoxy) is 1. The Morgan fingerprint density at radius 3 is 1.56 bits per heavy atom. The Balaban J connectivity index is 0. The summed E-state index contributed by atoms with van der Waals surface area (Å²) in [4.78, 5) is 12.7. The van der Waals surface area contributed by atoms with Crippen LogP contribution in [0.25, 0.3) is 0 Å². The molecule has 222 valence electrons. The van der Waals surface area contributed by atoms with E-state index in [2.05, 4.69) is 27.6 Å². The number of nitrogens with zero attached hydrogens (tertiary/aromatic N) is 2. The SMILES string of the molecule is C=C(C)C(=O)OCC[N+](C)(C)CC.CN(C)C.Cc1ccc(S(=O)(=O)O)cc1.Cc1ccc(S(=O)(=O)[O-])cc1. The van der Waals surface area contributed by atoms with Crippen LogP contribution in [-0.4, -0.2) is 96.2 Å². The summed E-state index contributed by atoms with van der Waals surface area (Å²) >= 11 is 0. The third-order valence-electron chi connectivity index (χ3n) is 4.76. The highest BCUT2D eigenvalue weighted by Gasteiger charge is 2.12. The van der Waals surface area contributed by atoms with E-state index in [1.54, 1.807) is 31.2 Å². The second-order valence-corrected chi connectivity index (χ2v) is 12.6. The number of aryl methyl sites for hydroxylation is 2. The van der Waals surface area contributed by atoms with Gasteiger partial charge in [-0.1, -0.05) is 42.0 Å². The molecule has 0 fully saturated rings. The predicted octanol–water partition coefficient (Wildman–Crippen LogP) is 3.52. The van der Waals surface area contributed by atoms with Gasteiger partial charge in [-0.3, -0.25) is 4.55 Å². The van der Waals surface area contributed by atoms with Crippen LogP contribution in [0.1, 0.15) is 25.0 Å². The number of hydrogen-bond donors (Lipinski definition) is 1. The van der Waals surface area contributed by atoms with Gasteiger partial charge in [-0.25, -0.2) is 13.2 Å². The monoisotopic (exact) mass is 588 g/mol. The van der Waals surface area contributed by atoms with Gasteiger partial charge in [-0.15, -0.1) is 0 Å². The molecule has 0 radical (unpaired) electrons. The van der Waals surface area contributed by atoms with Crippen molar-refractivity contribution in [3.05, 3.63) is 71.8 Å². The second kappa shape index (κ2) is 17.9. The molecule has 2 rings (SSSR count). The molecule has 10 nitrogen and oxygen atoms in total. The number of hydrogen-bond acceptors (Lipinski definition) is 8. The Kier molecular flexibility index (Phi) is 17.7. The third kappa shape index (κ3) is 21.0. The van der Waals surface area contributed by atoms with Crippen molar-refractivity contribution in [2.75, 3.05) is 54.9 Å². The second-order valence-electron chi connectivity index (χ2n) is 9.79. The minimum absolute atomic E-state index is 0.0666. The molecule has 0 spiro atoms. The van der Waals surface area contributed by atoms with Crippen LogP contribution >= 0.6 is 0 Å². The quantitative estimate of drug-likeness (QED) is 0.223. The average Bonchev–Trinajstić information content (AvgIpc) is 2.78. The maximum Gasteiger partial charge on any atom is 0.333 e. The molecule has 12 heteroatoms. The van der Waals surface area contributed by atoms with Gasteiger partial charge in [-0.2, -0.15) is 8.42 Å². The lowest BCUT2D eigenvalue weighted by atomic mass is 10.2. The molecular weight excluding hydrogens is 544 g/mol. The molecule has 0 amide bonds. The molecule has 0 aliphatic rings. The molecule has 0 saturated carbocycles. The Bertz CT molecular complexity index is 1150. The van der Waals surface area contributed by atoms with Gasteiger partial charge in [0.05, 0.1) is 30.4 Å². The van der Waals surface area contributed by atoms with E-state index in [1.165, 1.54) is 24.3 Å².